The van der Waals surface area contributed by atoms with Crippen LogP contribution < -0.4 is 0 Å². The first kappa shape index (κ1) is 16.7. The molecular weight excluding hydrogens is 279 g/mol. The highest BCUT2D eigenvalue weighted by Crippen LogP contribution is 2.36. The SMILES string of the molecule is Cc1ccc(Cl)c(F)c1CCO[Si](C)(C)C(C)(C)C. The third-order valence-electron chi connectivity index (χ3n) is 4.05. The lowest BCUT2D eigenvalue weighted by Crippen LogP contribution is -2.41. The molecule has 0 atom stereocenters. The van der Waals surface area contributed by atoms with E-state index in [0.717, 1.165) is 5.56 Å². The van der Waals surface area contributed by atoms with E-state index in [0.29, 0.717) is 18.6 Å². The van der Waals surface area contributed by atoms with Crippen molar-refractivity contribution in [3.8, 4) is 0 Å². The molecule has 0 unspecified atom stereocenters. The van der Waals surface area contributed by atoms with Crippen LogP contribution in [0.2, 0.25) is 23.2 Å². The minimum atomic E-state index is -1.76. The lowest BCUT2D eigenvalue weighted by atomic mass is 10.1. The van der Waals surface area contributed by atoms with Crippen molar-refractivity contribution in [1.82, 2.24) is 0 Å². The molecule has 0 aromatic heterocycles. The Hall–Kier alpha value is -0.383. The number of rotatable bonds is 4. The largest absolute Gasteiger partial charge is 0.416 e. The fourth-order valence-electron chi connectivity index (χ4n) is 1.62. The van der Waals surface area contributed by atoms with E-state index in [2.05, 4.69) is 33.9 Å². The molecule has 0 heterocycles. The summed E-state index contributed by atoms with van der Waals surface area (Å²) in [4.78, 5) is 0. The van der Waals surface area contributed by atoms with Gasteiger partial charge in [-0.1, -0.05) is 38.4 Å². The second-order valence-corrected chi connectivity index (χ2v) is 11.7. The van der Waals surface area contributed by atoms with Crippen LogP contribution in [-0.4, -0.2) is 14.9 Å². The predicted molar refractivity (Wildman–Crippen MR) is 83.0 cm³/mol. The summed E-state index contributed by atoms with van der Waals surface area (Å²) in [5.41, 5.74) is 1.60. The van der Waals surface area contributed by atoms with E-state index in [1.807, 2.05) is 13.0 Å². The van der Waals surface area contributed by atoms with Gasteiger partial charge in [-0.25, -0.2) is 4.39 Å². The van der Waals surface area contributed by atoms with E-state index < -0.39 is 8.32 Å². The predicted octanol–water partition coefficient (Wildman–Crippen LogP) is 5.35. The molecule has 0 bridgehead atoms. The van der Waals surface area contributed by atoms with Crippen molar-refractivity contribution < 1.29 is 8.82 Å². The van der Waals surface area contributed by atoms with Crippen molar-refractivity contribution in [2.45, 2.75) is 52.2 Å². The highest BCUT2D eigenvalue weighted by Gasteiger charge is 2.36. The Morgan fingerprint density at radius 3 is 2.37 bits per heavy atom. The molecule has 0 spiro atoms. The van der Waals surface area contributed by atoms with Gasteiger partial charge >= 0.3 is 0 Å². The minimum Gasteiger partial charge on any atom is -0.416 e. The van der Waals surface area contributed by atoms with Crippen LogP contribution in [0, 0.1) is 12.7 Å². The van der Waals surface area contributed by atoms with E-state index in [-0.39, 0.29) is 15.9 Å². The van der Waals surface area contributed by atoms with Gasteiger partial charge < -0.3 is 4.43 Å². The third-order valence-corrected chi connectivity index (χ3v) is 8.88. The monoisotopic (exact) mass is 302 g/mol. The highest BCUT2D eigenvalue weighted by molar-refractivity contribution is 6.74. The molecule has 0 N–H and O–H groups in total. The average Bonchev–Trinajstić information content (AvgIpc) is 2.27. The number of aryl methyl sites for hydroxylation is 1. The second kappa shape index (κ2) is 5.94. The standard InChI is InChI=1S/C15H24ClFOSi/c1-11-7-8-13(16)14(17)12(11)9-10-18-19(5,6)15(2,3)4/h7-8H,9-10H2,1-6H3. The number of hydrogen-bond donors (Lipinski definition) is 0. The number of benzene rings is 1. The van der Waals surface area contributed by atoms with Crippen LogP contribution in [0.25, 0.3) is 0 Å². The molecule has 1 aromatic rings. The maximum Gasteiger partial charge on any atom is 0.191 e. The van der Waals surface area contributed by atoms with Crippen LogP contribution in [-0.2, 0) is 10.8 Å². The summed E-state index contributed by atoms with van der Waals surface area (Å²) in [5.74, 6) is -0.305. The van der Waals surface area contributed by atoms with Gasteiger partial charge in [0.1, 0.15) is 5.82 Å². The van der Waals surface area contributed by atoms with Crippen LogP contribution in [0.1, 0.15) is 31.9 Å². The second-order valence-electron chi connectivity index (χ2n) is 6.52. The summed E-state index contributed by atoms with van der Waals surface area (Å²) in [6, 6.07) is 3.46. The van der Waals surface area contributed by atoms with Gasteiger partial charge in [0.05, 0.1) is 5.02 Å². The van der Waals surface area contributed by atoms with Crippen molar-refractivity contribution in [2.75, 3.05) is 6.61 Å². The Morgan fingerprint density at radius 2 is 1.84 bits per heavy atom. The Balaban J connectivity index is 2.72. The van der Waals surface area contributed by atoms with Crippen LogP contribution in [0.15, 0.2) is 12.1 Å². The zero-order chi connectivity index (χ0) is 14.8. The van der Waals surface area contributed by atoms with E-state index in [1.54, 1.807) is 6.07 Å². The molecule has 108 valence electrons. The van der Waals surface area contributed by atoms with Crippen molar-refractivity contribution >= 4 is 19.9 Å². The zero-order valence-electron chi connectivity index (χ0n) is 12.7. The van der Waals surface area contributed by atoms with Gasteiger partial charge in [0.2, 0.25) is 0 Å². The first-order valence-corrected chi connectivity index (χ1v) is 9.92. The molecule has 0 aliphatic carbocycles. The van der Waals surface area contributed by atoms with E-state index >= 15 is 0 Å². The first-order valence-electron chi connectivity index (χ1n) is 6.64. The maximum atomic E-state index is 13.9. The summed E-state index contributed by atoms with van der Waals surface area (Å²) in [6.45, 7) is 13.5. The molecule has 0 radical (unpaired) electrons. The van der Waals surface area contributed by atoms with Crippen molar-refractivity contribution in [3.63, 3.8) is 0 Å². The summed E-state index contributed by atoms with van der Waals surface area (Å²) >= 11 is 5.82. The average molecular weight is 303 g/mol. The van der Waals surface area contributed by atoms with Crippen LogP contribution in [0.3, 0.4) is 0 Å². The fraction of sp³-hybridized carbons (Fsp3) is 0.600. The van der Waals surface area contributed by atoms with Gasteiger partial charge in [-0.2, -0.15) is 0 Å². The van der Waals surface area contributed by atoms with Gasteiger partial charge in [-0.3, -0.25) is 0 Å². The van der Waals surface area contributed by atoms with E-state index in [1.165, 1.54) is 0 Å². The maximum absolute atomic E-state index is 13.9. The number of halogens is 2. The molecule has 1 nitrogen and oxygen atoms in total. The Bertz CT molecular complexity index is 452. The van der Waals surface area contributed by atoms with Crippen LogP contribution in [0.4, 0.5) is 4.39 Å². The third kappa shape index (κ3) is 4.04. The van der Waals surface area contributed by atoms with Gasteiger partial charge in [0.25, 0.3) is 0 Å². The smallest absolute Gasteiger partial charge is 0.191 e. The Labute approximate surface area is 122 Å². The summed E-state index contributed by atoms with van der Waals surface area (Å²) < 4.78 is 20.0. The Morgan fingerprint density at radius 1 is 1.26 bits per heavy atom. The normalized spacial score (nSPS) is 12.8. The molecule has 1 aromatic carbocycles. The molecular formula is C15H24ClFOSi. The molecule has 0 amide bonds. The first-order chi connectivity index (χ1) is 8.56. The quantitative estimate of drug-likeness (QED) is 0.681. The van der Waals surface area contributed by atoms with Crippen LogP contribution in [0.5, 0.6) is 0 Å². The summed E-state index contributed by atoms with van der Waals surface area (Å²) in [7, 11) is -1.76. The molecule has 0 aliphatic heterocycles. The minimum absolute atomic E-state index is 0.176. The van der Waals surface area contributed by atoms with Gasteiger partial charge in [0, 0.05) is 6.61 Å². The van der Waals surface area contributed by atoms with Crippen LogP contribution >= 0.6 is 11.6 Å². The van der Waals surface area contributed by atoms with Gasteiger partial charge in [-0.15, -0.1) is 0 Å². The Kier molecular flexibility index (Phi) is 5.21. The molecule has 0 aliphatic rings. The van der Waals surface area contributed by atoms with E-state index in [4.69, 9.17) is 16.0 Å². The van der Waals surface area contributed by atoms with Gasteiger partial charge in [0.15, 0.2) is 8.32 Å². The van der Waals surface area contributed by atoms with E-state index in [9.17, 15) is 4.39 Å². The lowest BCUT2D eigenvalue weighted by Gasteiger charge is -2.36. The molecule has 0 saturated heterocycles. The van der Waals surface area contributed by atoms with Crippen molar-refractivity contribution in [3.05, 3.63) is 34.1 Å². The highest BCUT2D eigenvalue weighted by atomic mass is 35.5. The lowest BCUT2D eigenvalue weighted by molar-refractivity contribution is 0.290. The zero-order valence-corrected chi connectivity index (χ0v) is 14.5. The van der Waals surface area contributed by atoms with Crippen molar-refractivity contribution in [2.24, 2.45) is 0 Å². The molecule has 4 heteroatoms. The summed E-state index contributed by atoms with van der Waals surface area (Å²) in [5, 5.41) is 0.363. The molecule has 0 fully saturated rings. The topological polar surface area (TPSA) is 9.23 Å². The molecule has 0 saturated carbocycles. The fourth-order valence-corrected chi connectivity index (χ4v) is 2.84. The van der Waals surface area contributed by atoms with Gasteiger partial charge in [-0.05, 0) is 48.7 Å². The molecule has 1 rings (SSSR count). The molecule has 19 heavy (non-hydrogen) atoms. The summed E-state index contributed by atoms with van der Waals surface area (Å²) in [6.07, 6.45) is 0.574. The van der Waals surface area contributed by atoms with Crippen molar-refractivity contribution in [1.29, 1.82) is 0 Å². The number of hydrogen-bond acceptors (Lipinski definition) is 1.